The Kier molecular flexibility index (Phi) is 66.7. The fourth-order valence-electron chi connectivity index (χ4n) is 9.79. The molecular formula is C77H130O6. The van der Waals surface area contributed by atoms with Crippen molar-refractivity contribution in [1.29, 1.82) is 0 Å². The molecule has 0 amide bonds. The maximum Gasteiger partial charge on any atom is 0.306 e. The Morgan fingerprint density at radius 1 is 0.253 bits per heavy atom. The van der Waals surface area contributed by atoms with Crippen molar-refractivity contribution in [3.63, 3.8) is 0 Å². The van der Waals surface area contributed by atoms with Crippen molar-refractivity contribution in [1.82, 2.24) is 0 Å². The quantitative estimate of drug-likeness (QED) is 0.0261. The highest BCUT2D eigenvalue weighted by Gasteiger charge is 2.19. The molecule has 0 aromatic rings. The highest BCUT2D eigenvalue weighted by atomic mass is 16.6. The van der Waals surface area contributed by atoms with Gasteiger partial charge in [0.1, 0.15) is 13.2 Å². The van der Waals surface area contributed by atoms with Crippen molar-refractivity contribution >= 4 is 17.9 Å². The number of hydrogen-bond donors (Lipinski definition) is 0. The highest BCUT2D eigenvalue weighted by molar-refractivity contribution is 5.71. The monoisotopic (exact) mass is 1150 g/mol. The summed E-state index contributed by atoms with van der Waals surface area (Å²) >= 11 is 0. The lowest BCUT2D eigenvalue weighted by atomic mass is 10.0. The smallest absolute Gasteiger partial charge is 0.306 e. The number of carbonyl (C=O) groups excluding carboxylic acids is 3. The molecule has 83 heavy (non-hydrogen) atoms. The molecule has 0 aliphatic rings. The van der Waals surface area contributed by atoms with Crippen molar-refractivity contribution < 1.29 is 28.6 Å². The van der Waals surface area contributed by atoms with Crippen LogP contribution in [0.2, 0.25) is 0 Å². The van der Waals surface area contributed by atoms with E-state index in [1.54, 1.807) is 0 Å². The summed E-state index contributed by atoms with van der Waals surface area (Å²) in [7, 11) is 0. The molecule has 0 saturated heterocycles. The molecule has 0 heterocycles. The first-order chi connectivity index (χ1) is 41.0. The third-order valence-electron chi connectivity index (χ3n) is 15.0. The van der Waals surface area contributed by atoms with Crippen molar-refractivity contribution in [2.45, 2.75) is 335 Å². The molecule has 1 unspecified atom stereocenters. The summed E-state index contributed by atoms with van der Waals surface area (Å²) in [5.74, 6) is -0.886. The topological polar surface area (TPSA) is 78.9 Å². The van der Waals surface area contributed by atoms with Crippen LogP contribution in [0.1, 0.15) is 329 Å². The minimum Gasteiger partial charge on any atom is -0.462 e. The molecule has 0 fully saturated rings. The Morgan fingerprint density at radius 2 is 0.470 bits per heavy atom. The summed E-state index contributed by atoms with van der Waals surface area (Å²) in [5.41, 5.74) is 0. The van der Waals surface area contributed by atoms with E-state index in [1.807, 2.05) is 0 Å². The molecule has 6 heteroatoms. The van der Waals surface area contributed by atoms with Gasteiger partial charge in [-0.25, -0.2) is 0 Å². The van der Waals surface area contributed by atoms with E-state index in [0.717, 1.165) is 135 Å². The maximum atomic E-state index is 13.0. The molecule has 0 saturated carbocycles. The first-order valence-electron chi connectivity index (χ1n) is 35.0. The number of unbranched alkanes of at least 4 members (excludes halogenated alkanes) is 32. The van der Waals surface area contributed by atoms with E-state index < -0.39 is 6.10 Å². The van der Waals surface area contributed by atoms with Gasteiger partial charge in [0, 0.05) is 19.3 Å². The van der Waals surface area contributed by atoms with Gasteiger partial charge in [0.15, 0.2) is 6.10 Å². The molecule has 0 aliphatic heterocycles. The van der Waals surface area contributed by atoms with E-state index in [2.05, 4.69) is 142 Å². The van der Waals surface area contributed by atoms with E-state index >= 15 is 0 Å². The number of esters is 3. The van der Waals surface area contributed by atoms with E-state index in [4.69, 9.17) is 14.2 Å². The van der Waals surface area contributed by atoms with Gasteiger partial charge < -0.3 is 14.2 Å². The first-order valence-corrected chi connectivity index (χ1v) is 35.0. The van der Waals surface area contributed by atoms with Gasteiger partial charge in [-0.3, -0.25) is 14.4 Å². The molecule has 0 aromatic carbocycles. The zero-order valence-electron chi connectivity index (χ0n) is 54.4. The summed E-state index contributed by atoms with van der Waals surface area (Å²) < 4.78 is 17.0. The van der Waals surface area contributed by atoms with Crippen molar-refractivity contribution in [3.05, 3.63) is 122 Å². The van der Waals surface area contributed by atoms with E-state index in [1.165, 1.54) is 154 Å². The number of ether oxygens (including phenoxy) is 3. The van der Waals surface area contributed by atoms with Gasteiger partial charge in [-0.1, -0.05) is 322 Å². The zero-order valence-corrected chi connectivity index (χ0v) is 54.4. The third-order valence-corrected chi connectivity index (χ3v) is 15.0. The van der Waals surface area contributed by atoms with Crippen LogP contribution in [-0.2, 0) is 28.6 Å². The Morgan fingerprint density at radius 3 is 0.735 bits per heavy atom. The zero-order chi connectivity index (χ0) is 59.9. The molecule has 1 atom stereocenters. The second kappa shape index (κ2) is 70.3. The second-order valence-electron chi connectivity index (χ2n) is 23.0. The van der Waals surface area contributed by atoms with Crippen LogP contribution in [0.5, 0.6) is 0 Å². The lowest BCUT2D eigenvalue weighted by Crippen LogP contribution is -2.30. The molecule has 0 N–H and O–H groups in total. The number of rotatable bonds is 63. The minimum absolute atomic E-state index is 0.0829. The summed E-state index contributed by atoms with van der Waals surface area (Å²) in [4.78, 5) is 38.5. The highest BCUT2D eigenvalue weighted by Crippen LogP contribution is 2.17. The third kappa shape index (κ3) is 68.5. The second-order valence-corrected chi connectivity index (χ2v) is 23.0. The van der Waals surface area contributed by atoms with Gasteiger partial charge in [-0.15, -0.1) is 0 Å². The lowest BCUT2D eigenvalue weighted by molar-refractivity contribution is -0.167. The van der Waals surface area contributed by atoms with Crippen LogP contribution in [0.25, 0.3) is 0 Å². The summed E-state index contributed by atoms with van der Waals surface area (Å²) in [6.45, 7) is 6.44. The van der Waals surface area contributed by atoms with Gasteiger partial charge in [-0.05, 0) is 109 Å². The Hall–Kier alpha value is -4.19. The van der Waals surface area contributed by atoms with E-state index in [0.29, 0.717) is 19.3 Å². The molecule has 474 valence electrons. The Balaban J connectivity index is 4.39. The molecule has 6 nitrogen and oxygen atoms in total. The summed E-state index contributed by atoms with van der Waals surface area (Å²) in [6, 6.07) is 0. The van der Waals surface area contributed by atoms with E-state index in [9.17, 15) is 14.4 Å². The SMILES string of the molecule is CC/C=C\C/C=C\C/C=C\C/C=C\C/C=C\C/C=C\CCCCCCCCCCC(=O)OCC(COC(=O)CCCCCCCCCCCCCCCCCCC)OC(=O)CCCCCCCCCC/C=C\C/C=C\C/C=C\C/C=C\CC. The molecule has 0 spiro atoms. The lowest BCUT2D eigenvalue weighted by Gasteiger charge is -2.18. The molecule has 0 radical (unpaired) electrons. The van der Waals surface area contributed by atoms with Crippen molar-refractivity contribution in [2.24, 2.45) is 0 Å². The molecule has 0 bridgehead atoms. The molecular weight excluding hydrogens is 1020 g/mol. The van der Waals surface area contributed by atoms with Gasteiger partial charge in [0.05, 0.1) is 0 Å². The number of carbonyl (C=O) groups is 3. The van der Waals surface area contributed by atoms with Crippen LogP contribution >= 0.6 is 0 Å². The van der Waals surface area contributed by atoms with Crippen LogP contribution in [0.15, 0.2) is 122 Å². The van der Waals surface area contributed by atoms with Crippen LogP contribution in [0.4, 0.5) is 0 Å². The fourth-order valence-corrected chi connectivity index (χ4v) is 9.79. The largest absolute Gasteiger partial charge is 0.462 e. The van der Waals surface area contributed by atoms with Gasteiger partial charge in [0.2, 0.25) is 0 Å². The average Bonchev–Trinajstić information content (AvgIpc) is 3.49. The minimum atomic E-state index is -0.790. The Labute approximate surface area is 513 Å². The van der Waals surface area contributed by atoms with Crippen molar-refractivity contribution in [2.75, 3.05) is 13.2 Å². The number of hydrogen-bond acceptors (Lipinski definition) is 6. The maximum absolute atomic E-state index is 13.0. The Bertz CT molecular complexity index is 1700. The molecule has 0 rings (SSSR count). The van der Waals surface area contributed by atoms with Crippen LogP contribution in [0.3, 0.4) is 0 Å². The predicted molar refractivity (Wildman–Crippen MR) is 362 cm³/mol. The van der Waals surface area contributed by atoms with Gasteiger partial charge >= 0.3 is 17.9 Å². The van der Waals surface area contributed by atoms with Crippen LogP contribution in [0, 0.1) is 0 Å². The fraction of sp³-hybridized carbons (Fsp3) is 0.701. The van der Waals surface area contributed by atoms with Crippen LogP contribution < -0.4 is 0 Å². The molecule has 0 aliphatic carbocycles. The summed E-state index contributed by atoms with van der Waals surface area (Å²) in [5, 5.41) is 0. The predicted octanol–water partition coefficient (Wildman–Crippen LogP) is 24.3. The summed E-state index contributed by atoms with van der Waals surface area (Å²) in [6.07, 6.45) is 97.8. The van der Waals surface area contributed by atoms with Gasteiger partial charge in [0.25, 0.3) is 0 Å². The first kappa shape index (κ1) is 78.8. The molecule has 0 aromatic heterocycles. The van der Waals surface area contributed by atoms with Crippen LogP contribution in [-0.4, -0.2) is 37.2 Å². The van der Waals surface area contributed by atoms with Gasteiger partial charge in [-0.2, -0.15) is 0 Å². The number of allylic oxidation sites excluding steroid dienone is 20. The van der Waals surface area contributed by atoms with E-state index in [-0.39, 0.29) is 31.1 Å². The average molecular weight is 1150 g/mol. The normalized spacial score (nSPS) is 12.9. The van der Waals surface area contributed by atoms with Crippen molar-refractivity contribution in [3.8, 4) is 0 Å². The standard InChI is InChI=1S/C77H130O6/c1-4-7-10-13-16-19-22-25-28-31-33-35-36-37-38-39-40-42-43-46-49-52-55-58-61-64-67-70-76(79)82-73-74(72-81-75(78)69-66-63-60-57-54-51-48-45-30-27-24-21-18-15-12-9-6-3)83-77(80)71-68-65-62-59-56-53-50-47-44-41-34-32-29-26-23-20-17-14-11-8-5-2/h7-8,10-11,16-17,19-20,25-26,28-29,33-35,37-38,40-42,74H,4-6,9,12-15,18,21-24,27,30-32,36,39,43-73H2,1-3H3/b10-7-,11-8-,19-16-,20-17-,28-25-,29-26-,35-33-,38-37-,41-34-,42-40-.